The molecule has 5 heteroatoms. The number of hydrogen-bond donors (Lipinski definition) is 0. The van der Waals surface area contributed by atoms with Crippen LogP contribution < -0.4 is 4.90 Å². The molecule has 1 aliphatic heterocycles. The fourth-order valence-electron chi connectivity index (χ4n) is 2.62. The predicted molar refractivity (Wildman–Crippen MR) is 76.8 cm³/mol. The minimum atomic E-state index is 0.202. The van der Waals surface area contributed by atoms with E-state index in [9.17, 15) is 0 Å². The van der Waals surface area contributed by atoms with Crippen LogP contribution in [0.4, 0.5) is 5.82 Å². The van der Waals surface area contributed by atoms with Gasteiger partial charge in [-0.2, -0.15) is 0 Å². The third kappa shape index (κ3) is 2.51. The fraction of sp³-hybridized carbons (Fsp3) is 0.429. The van der Waals surface area contributed by atoms with Crippen LogP contribution >= 0.6 is 11.6 Å². The van der Waals surface area contributed by atoms with Crippen LogP contribution in [0.2, 0.25) is 5.02 Å². The monoisotopic (exact) mass is 277 g/mol. The first kappa shape index (κ1) is 12.6. The molecule has 19 heavy (non-hydrogen) atoms. The molecule has 1 aromatic carbocycles. The van der Waals surface area contributed by atoms with Gasteiger partial charge in [0.05, 0.1) is 17.7 Å². The Labute approximate surface area is 117 Å². The molecule has 0 N–H and O–H groups in total. The molecule has 0 saturated carbocycles. The van der Waals surface area contributed by atoms with Crippen molar-refractivity contribution < 1.29 is 4.74 Å². The summed E-state index contributed by atoms with van der Waals surface area (Å²) < 4.78 is 5.76. The predicted octanol–water partition coefficient (Wildman–Crippen LogP) is 2.90. The summed E-state index contributed by atoms with van der Waals surface area (Å²) in [5.41, 5.74) is 0.918. The third-order valence-corrected chi connectivity index (χ3v) is 3.53. The van der Waals surface area contributed by atoms with Crippen LogP contribution in [0.3, 0.4) is 0 Å². The molecule has 2 atom stereocenters. The molecule has 2 aromatic rings. The van der Waals surface area contributed by atoms with Gasteiger partial charge in [-0.1, -0.05) is 11.6 Å². The summed E-state index contributed by atoms with van der Waals surface area (Å²) in [5, 5.41) is 1.70. The molecule has 0 aliphatic carbocycles. The summed E-state index contributed by atoms with van der Waals surface area (Å²) >= 11 is 6.09. The van der Waals surface area contributed by atoms with Gasteiger partial charge < -0.3 is 9.64 Å². The molecule has 0 spiro atoms. The number of nitrogens with zero attached hydrogens (tertiary/aromatic N) is 3. The molecular formula is C14H16ClN3O. The van der Waals surface area contributed by atoms with E-state index in [2.05, 4.69) is 28.7 Å². The average Bonchev–Trinajstić information content (AvgIpc) is 2.36. The standard InChI is InChI=1S/C14H16ClN3O/c1-9-6-18(7-10(2)19-9)14-12-5-11(15)3-4-13(12)16-8-17-14/h3-5,8-10H,6-7H2,1-2H3. The Bertz CT molecular complexity index is 594. The maximum Gasteiger partial charge on any atom is 0.140 e. The molecule has 0 bridgehead atoms. The van der Waals surface area contributed by atoms with Gasteiger partial charge in [0.15, 0.2) is 0 Å². The molecule has 2 heterocycles. The van der Waals surface area contributed by atoms with Gasteiger partial charge in [-0.15, -0.1) is 0 Å². The maximum absolute atomic E-state index is 6.09. The van der Waals surface area contributed by atoms with Crippen molar-refractivity contribution in [1.29, 1.82) is 0 Å². The largest absolute Gasteiger partial charge is 0.372 e. The number of ether oxygens (including phenoxy) is 1. The Morgan fingerprint density at radius 2 is 1.95 bits per heavy atom. The van der Waals surface area contributed by atoms with Gasteiger partial charge in [-0.3, -0.25) is 0 Å². The molecule has 4 nitrogen and oxygen atoms in total. The smallest absolute Gasteiger partial charge is 0.140 e. The highest BCUT2D eigenvalue weighted by Gasteiger charge is 2.24. The van der Waals surface area contributed by atoms with Gasteiger partial charge in [0.25, 0.3) is 0 Å². The zero-order valence-corrected chi connectivity index (χ0v) is 11.8. The van der Waals surface area contributed by atoms with Gasteiger partial charge in [-0.05, 0) is 32.0 Å². The molecule has 0 radical (unpaired) electrons. The number of fused-ring (bicyclic) bond motifs is 1. The second kappa shape index (κ2) is 4.94. The molecular weight excluding hydrogens is 262 g/mol. The molecule has 1 saturated heterocycles. The minimum Gasteiger partial charge on any atom is -0.372 e. The second-order valence-electron chi connectivity index (χ2n) is 5.02. The van der Waals surface area contributed by atoms with Crippen LogP contribution in [0.15, 0.2) is 24.5 Å². The van der Waals surface area contributed by atoms with E-state index in [0.717, 1.165) is 29.8 Å². The van der Waals surface area contributed by atoms with E-state index in [1.807, 2.05) is 18.2 Å². The van der Waals surface area contributed by atoms with Crippen LogP contribution in [0, 0.1) is 0 Å². The lowest BCUT2D eigenvalue weighted by molar-refractivity contribution is -0.00537. The molecule has 3 rings (SSSR count). The average molecular weight is 278 g/mol. The lowest BCUT2D eigenvalue weighted by Gasteiger charge is -2.36. The lowest BCUT2D eigenvalue weighted by atomic mass is 10.2. The van der Waals surface area contributed by atoms with Gasteiger partial charge in [0, 0.05) is 23.5 Å². The number of hydrogen-bond acceptors (Lipinski definition) is 4. The van der Waals surface area contributed by atoms with Crippen molar-refractivity contribution >= 4 is 28.3 Å². The summed E-state index contributed by atoms with van der Waals surface area (Å²) in [6.07, 6.45) is 2.01. The van der Waals surface area contributed by atoms with E-state index >= 15 is 0 Å². The normalized spacial score (nSPS) is 23.8. The topological polar surface area (TPSA) is 38.2 Å². The highest BCUT2D eigenvalue weighted by atomic mass is 35.5. The van der Waals surface area contributed by atoms with E-state index in [1.165, 1.54) is 0 Å². The molecule has 100 valence electrons. The summed E-state index contributed by atoms with van der Waals surface area (Å²) in [4.78, 5) is 11.0. The first-order valence-electron chi connectivity index (χ1n) is 6.44. The van der Waals surface area contributed by atoms with Crippen molar-refractivity contribution in [1.82, 2.24) is 9.97 Å². The second-order valence-corrected chi connectivity index (χ2v) is 5.46. The van der Waals surface area contributed by atoms with E-state index in [0.29, 0.717) is 5.02 Å². The number of benzene rings is 1. The highest BCUT2D eigenvalue weighted by Crippen LogP contribution is 2.27. The van der Waals surface area contributed by atoms with Gasteiger partial charge in [0.1, 0.15) is 12.1 Å². The van der Waals surface area contributed by atoms with Crippen LogP contribution in [0.25, 0.3) is 10.9 Å². The Hall–Kier alpha value is -1.39. The summed E-state index contributed by atoms with van der Waals surface area (Å²) in [6.45, 7) is 5.84. The lowest BCUT2D eigenvalue weighted by Crippen LogP contribution is -2.45. The van der Waals surface area contributed by atoms with Crippen molar-refractivity contribution in [2.24, 2.45) is 0 Å². The Morgan fingerprint density at radius 1 is 1.21 bits per heavy atom. The summed E-state index contributed by atoms with van der Waals surface area (Å²) in [5.74, 6) is 0.939. The van der Waals surface area contributed by atoms with E-state index in [4.69, 9.17) is 16.3 Å². The van der Waals surface area contributed by atoms with E-state index in [1.54, 1.807) is 6.33 Å². The van der Waals surface area contributed by atoms with Crippen LogP contribution in [-0.2, 0) is 4.74 Å². The van der Waals surface area contributed by atoms with E-state index < -0.39 is 0 Å². The van der Waals surface area contributed by atoms with Crippen LogP contribution in [-0.4, -0.2) is 35.3 Å². The minimum absolute atomic E-state index is 0.202. The van der Waals surface area contributed by atoms with Crippen LogP contribution in [0.1, 0.15) is 13.8 Å². The SMILES string of the molecule is CC1CN(c2ncnc3ccc(Cl)cc23)CC(C)O1. The number of morpholine rings is 1. The Kier molecular flexibility index (Phi) is 3.29. The van der Waals surface area contributed by atoms with Crippen LogP contribution in [0.5, 0.6) is 0 Å². The van der Waals surface area contributed by atoms with Crippen molar-refractivity contribution in [3.63, 3.8) is 0 Å². The van der Waals surface area contributed by atoms with Crippen molar-refractivity contribution in [3.05, 3.63) is 29.5 Å². The molecule has 1 fully saturated rings. The summed E-state index contributed by atoms with van der Waals surface area (Å²) in [7, 11) is 0. The number of rotatable bonds is 1. The van der Waals surface area contributed by atoms with Gasteiger partial charge in [0.2, 0.25) is 0 Å². The third-order valence-electron chi connectivity index (χ3n) is 3.30. The quantitative estimate of drug-likeness (QED) is 0.803. The van der Waals surface area contributed by atoms with Crippen molar-refractivity contribution in [2.75, 3.05) is 18.0 Å². The van der Waals surface area contributed by atoms with E-state index in [-0.39, 0.29) is 12.2 Å². The Morgan fingerprint density at radius 3 is 2.68 bits per heavy atom. The number of halogens is 1. The van der Waals surface area contributed by atoms with Gasteiger partial charge >= 0.3 is 0 Å². The number of anilines is 1. The van der Waals surface area contributed by atoms with Gasteiger partial charge in [-0.25, -0.2) is 9.97 Å². The van der Waals surface area contributed by atoms with Crippen molar-refractivity contribution in [3.8, 4) is 0 Å². The molecule has 1 aromatic heterocycles. The highest BCUT2D eigenvalue weighted by molar-refractivity contribution is 6.31. The zero-order valence-electron chi connectivity index (χ0n) is 11.0. The maximum atomic E-state index is 6.09. The summed E-state index contributed by atoms with van der Waals surface area (Å²) in [6, 6.07) is 5.71. The zero-order chi connectivity index (χ0) is 13.4. The fourth-order valence-corrected chi connectivity index (χ4v) is 2.79. The first-order chi connectivity index (χ1) is 9.13. The first-order valence-corrected chi connectivity index (χ1v) is 6.82. The molecule has 0 amide bonds. The molecule has 2 unspecified atom stereocenters. The van der Waals surface area contributed by atoms with Crippen molar-refractivity contribution in [2.45, 2.75) is 26.1 Å². The molecule has 1 aliphatic rings. The Balaban J connectivity index is 2.06. The number of aromatic nitrogens is 2.